The number of anilines is 1. The van der Waals surface area contributed by atoms with Crippen molar-refractivity contribution >= 4 is 45.0 Å². The number of nitrogens with zero attached hydrogens (tertiary/aromatic N) is 3. The van der Waals surface area contributed by atoms with Gasteiger partial charge in [0.15, 0.2) is 3.83 Å². The van der Waals surface area contributed by atoms with Gasteiger partial charge in [-0.1, -0.05) is 6.08 Å². The van der Waals surface area contributed by atoms with Crippen LogP contribution in [0.5, 0.6) is 0 Å². The maximum absolute atomic E-state index is 14.2. The zero-order valence-corrected chi connectivity index (χ0v) is 11.5. The van der Waals surface area contributed by atoms with E-state index in [1.165, 1.54) is 4.57 Å². The molecule has 1 aliphatic heterocycles. The molecule has 0 fully saturated rings. The first-order chi connectivity index (χ1) is 8.09. The summed E-state index contributed by atoms with van der Waals surface area (Å²) in [6.45, 7) is 2.57. The van der Waals surface area contributed by atoms with Gasteiger partial charge in [-0.25, -0.2) is 9.97 Å². The molecule has 3 heterocycles. The lowest BCUT2D eigenvalue weighted by Gasteiger charge is -2.04. The SMILES string of the molecule is CC1=CCNc2nc(I)nc3c2c1c(F)n3C. The Morgan fingerprint density at radius 3 is 3.00 bits per heavy atom. The molecule has 2 aromatic heterocycles. The first-order valence-corrected chi connectivity index (χ1v) is 6.30. The Kier molecular flexibility index (Phi) is 2.35. The number of hydrogen-bond acceptors (Lipinski definition) is 3. The minimum Gasteiger partial charge on any atom is -0.366 e. The van der Waals surface area contributed by atoms with Crippen molar-refractivity contribution in [1.82, 2.24) is 14.5 Å². The molecule has 1 aliphatic rings. The predicted octanol–water partition coefficient (Wildman–Crippen LogP) is 2.54. The average molecular weight is 344 g/mol. The summed E-state index contributed by atoms with van der Waals surface area (Å²) in [5.74, 6) is 0.456. The van der Waals surface area contributed by atoms with Crippen LogP contribution in [0.25, 0.3) is 16.6 Å². The minimum absolute atomic E-state index is 0.255. The number of allylic oxidation sites excluding steroid dienone is 1. The van der Waals surface area contributed by atoms with Crippen molar-refractivity contribution < 1.29 is 4.39 Å². The molecule has 1 N–H and O–H groups in total. The van der Waals surface area contributed by atoms with E-state index < -0.39 is 0 Å². The summed E-state index contributed by atoms with van der Waals surface area (Å²) in [6.07, 6.45) is 1.96. The molecule has 0 bridgehead atoms. The predicted molar refractivity (Wildman–Crippen MR) is 73.3 cm³/mol. The molecule has 0 spiro atoms. The molecule has 0 amide bonds. The highest BCUT2D eigenvalue weighted by Crippen LogP contribution is 2.34. The highest BCUT2D eigenvalue weighted by molar-refractivity contribution is 14.1. The van der Waals surface area contributed by atoms with Crippen molar-refractivity contribution in [1.29, 1.82) is 0 Å². The molecule has 17 heavy (non-hydrogen) atoms. The van der Waals surface area contributed by atoms with E-state index in [4.69, 9.17) is 0 Å². The van der Waals surface area contributed by atoms with Crippen LogP contribution in [-0.4, -0.2) is 21.1 Å². The Morgan fingerprint density at radius 1 is 1.47 bits per heavy atom. The Bertz CT molecular complexity index is 659. The lowest BCUT2D eigenvalue weighted by atomic mass is 10.1. The van der Waals surface area contributed by atoms with Gasteiger partial charge < -0.3 is 9.88 Å². The molecule has 2 aromatic rings. The second-order valence-electron chi connectivity index (χ2n) is 4.03. The highest BCUT2D eigenvalue weighted by atomic mass is 127. The molecular weight excluding hydrogens is 334 g/mol. The van der Waals surface area contributed by atoms with Crippen LogP contribution in [0.15, 0.2) is 6.08 Å². The minimum atomic E-state index is -0.255. The fourth-order valence-electron chi connectivity index (χ4n) is 2.15. The Hall–Kier alpha value is -1.18. The van der Waals surface area contributed by atoms with E-state index in [1.54, 1.807) is 7.05 Å². The molecule has 0 aromatic carbocycles. The van der Waals surface area contributed by atoms with Gasteiger partial charge >= 0.3 is 0 Å². The summed E-state index contributed by atoms with van der Waals surface area (Å²) >= 11 is 2.04. The second kappa shape index (κ2) is 3.66. The third kappa shape index (κ3) is 1.46. The van der Waals surface area contributed by atoms with Crippen molar-refractivity contribution in [2.75, 3.05) is 11.9 Å². The number of hydrogen-bond donors (Lipinski definition) is 1. The molecule has 0 saturated heterocycles. The first-order valence-electron chi connectivity index (χ1n) is 5.22. The lowest BCUT2D eigenvalue weighted by Crippen LogP contribution is -2.03. The number of rotatable bonds is 0. The van der Waals surface area contributed by atoms with Crippen LogP contribution in [0.1, 0.15) is 12.5 Å². The van der Waals surface area contributed by atoms with E-state index in [2.05, 4.69) is 15.3 Å². The molecule has 4 nitrogen and oxygen atoms in total. The summed E-state index contributed by atoms with van der Waals surface area (Å²) in [5, 5.41) is 3.96. The van der Waals surface area contributed by atoms with E-state index in [0.717, 1.165) is 11.0 Å². The topological polar surface area (TPSA) is 42.7 Å². The van der Waals surface area contributed by atoms with E-state index in [1.807, 2.05) is 35.6 Å². The highest BCUT2D eigenvalue weighted by Gasteiger charge is 2.23. The van der Waals surface area contributed by atoms with Crippen LogP contribution < -0.4 is 5.32 Å². The smallest absolute Gasteiger partial charge is 0.203 e. The van der Waals surface area contributed by atoms with E-state index in [0.29, 0.717) is 27.4 Å². The van der Waals surface area contributed by atoms with Gasteiger partial charge in [0.1, 0.15) is 11.5 Å². The quantitative estimate of drug-likeness (QED) is 0.590. The fraction of sp³-hybridized carbons (Fsp3) is 0.273. The standard InChI is InChI=1S/C11H10FIN4/c1-5-3-4-14-9-7-6(5)8(12)17(2)10(7)16-11(13)15-9/h3H,4H2,1-2H3,(H,14,15,16). The third-order valence-corrected chi connectivity index (χ3v) is 3.49. The molecule has 3 rings (SSSR count). The van der Waals surface area contributed by atoms with Crippen LogP contribution in [-0.2, 0) is 7.05 Å². The fourth-order valence-corrected chi connectivity index (χ4v) is 2.62. The second-order valence-corrected chi connectivity index (χ2v) is 5.00. The van der Waals surface area contributed by atoms with E-state index in [-0.39, 0.29) is 5.95 Å². The average Bonchev–Trinajstić information content (AvgIpc) is 2.45. The Balaban J connectivity index is 2.55. The largest absolute Gasteiger partial charge is 0.366 e. The first kappa shape index (κ1) is 10.9. The van der Waals surface area contributed by atoms with Crippen LogP contribution in [0.3, 0.4) is 0 Å². The summed E-state index contributed by atoms with van der Waals surface area (Å²) in [6, 6.07) is 0. The van der Waals surface area contributed by atoms with Crippen molar-refractivity contribution in [2.24, 2.45) is 7.05 Å². The van der Waals surface area contributed by atoms with Crippen LogP contribution in [0, 0.1) is 9.78 Å². The van der Waals surface area contributed by atoms with Crippen molar-refractivity contribution in [3.8, 4) is 0 Å². The summed E-state index contributed by atoms with van der Waals surface area (Å²) in [4.78, 5) is 8.64. The van der Waals surface area contributed by atoms with Gasteiger partial charge in [-0.05, 0) is 12.5 Å². The molecule has 0 aliphatic carbocycles. The van der Waals surface area contributed by atoms with Gasteiger partial charge in [0.25, 0.3) is 0 Å². The van der Waals surface area contributed by atoms with Gasteiger partial charge in [-0.2, -0.15) is 4.39 Å². The molecule has 0 radical (unpaired) electrons. The normalized spacial score (nSPS) is 14.5. The van der Waals surface area contributed by atoms with Crippen molar-refractivity contribution in [3.63, 3.8) is 0 Å². The molecule has 6 heteroatoms. The van der Waals surface area contributed by atoms with Gasteiger partial charge in [-0.15, -0.1) is 0 Å². The van der Waals surface area contributed by atoms with Gasteiger partial charge in [0, 0.05) is 41.7 Å². The van der Waals surface area contributed by atoms with Gasteiger partial charge in [-0.3, -0.25) is 0 Å². The molecule has 0 saturated carbocycles. The summed E-state index contributed by atoms with van der Waals surface area (Å²) in [5.41, 5.74) is 2.16. The Labute approximate surface area is 111 Å². The number of halogens is 2. The monoisotopic (exact) mass is 344 g/mol. The molecular formula is C11H10FIN4. The van der Waals surface area contributed by atoms with Gasteiger partial charge in [0.05, 0.1) is 5.39 Å². The summed E-state index contributed by atoms with van der Waals surface area (Å²) < 4.78 is 16.3. The van der Waals surface area contributed by atoms with Crippen LogP contribution in [0.2, 0.25) is 0 Å². The number of aromatic nitrogens is 3. The Morgan fingerprint density at radius 2 is 2.24 bits per heavy atom. The maximum Gasteiger partial charge on any atom is 0.203 e. The summed E-state index contributed by atoms with van der Waals surface area (Å²) in [7, 11) is 1.68. The van der Waals surface area contributed by atoms with E-state index in [9.17, 15) is 4.39 Å². The van der Waals surface area contributed by atoms with Crippen molar-refractivity contribution in [3.05, 3.63) is 21.4 Å². The molecule has 0 unspecified atom stereocenters. The van der Waals surface area contributed by atoms with E-state index >= 15 is 0 Å². The van der Waals surface area contributed by atoms with Crippen LogP contribution in [0.4, 0.5) is 10.2 Å². The molecule has 0 atom stereocenters. The number of nitrogens with one attached hydrogen (secondary N) is 1. The van der Waals surface area contributed by atoms with Crippen LogP contribution >= 0.6 is 22.6 Å². The zero-order valence-electron chi connectivity index (χ0n) is 9.38. The lowest BCUT2D eigenvalue weighted by molar-refractivity contribution is 0.537. The third-order valence-electron chi connectivity index (χ3n) is 3.00. The number of aryl methyl sites for hydroxylation is 1. The molecule has 88 valence electrons. The maximum atomic E-state index is 14.2. The van der Waals surface area contributed by atoms with Gasteiger partial charge in [0.2, 0.25) is 5.95 Å². The van der Waals surface area contributed by atoms with Crippen molar-refractivity contribution in [2.45, 2.75) is 6.92 Å². The zero-order chi connectivity index (χ0) is 12.2.